The van der Waals surface area contributed by atoms with Crippen molar-refractivity contribution in [1.82, 2.24) is 0 Å². The molecule has 1 aromatic carbocycles. The average molecular weight is 341 g/mol. The summed E-state index contributed by atoms with van der Waals surface area (Å²) >= 11 is 3.36. The van der Waals surface area contributed by atoms with E-state index in [1.165, 1.54) is 0 Å². The van der Waals surface area contributed by atoms with Gasteiger partial charge in [-0.15, -0.1) is 0 Å². The van der Waals surface area contributed by atoms with Crippen molar-refractivity contribution in [1.29, 1.82) is 0 Å². The molecule has 1 aliphatic rings. The Labute approximate surface area is 125 Å². The van der Waals surface area contributed by atoms with Crippen molar-refractivity contribution >= 4 is 33.5 Å². The molecule has 1 aromatic rings. The second-order valence-electron chi connectivity index (χ2n) is 4.97. The van der Waals surface area contributed by atoms with E-state index in [9.17, 15) is 14.7 Å². The molecule has 6 heteroatoms. The Morgan fingerprint density at radius 1 is 1.50 bits per heavy atom. The van der Waals surface area contributed by atoms with E-state index >= 15 is 0 Å². The summed E-state index contributed by atoms with van der Waals surface area (Å²) in [5, 5.41) is 9.62. The number of aliphatic carboxylic acids is 1. The summed E-state index contributed by atoms with van der Waals surface area (Å²) in [7, 11) is 0. The normalized spacial score (nSPS) is 22.0. The third-order valence-electron chi connectivity index (χ3n) is 3.99. The van der Waals surface area contributed by atoms with E-state index in [1.54, 1.807) is 23.1 Å². The largest absolute Gasteiger partial charge is 0.479 e. The van der Waals surface area contributed by atoms with Gasteiger partial charge in [-0.1, -0.05) is 22.9 Å². The SMILES string of the molecule is CCC1(C(=O)O)CCCN1c1cc(Br)ccc1C(N)=O. The number of carboxylic acid groups (broad SMARTS) is 1. The van der Waals surface area contributed by atoms with Crippen LogP contribution in [0.5, 0.6) is 0 Å². The number of primary amides is 1. The van der Waals surface area contributed by atoms with Crippen molar-refractivity contribution in [2.45, 2.75) is 31.7 Å². The number of halogens is 1. The van der Waals surface area contributed by atoms with Crippen LogP contribution in [0.15, 0.2) is 22.7 Å². The van der Waals surface area contributed by atoms with Gasteiger partial charge in [-0.2, -0.15) is 0 Å². The highest BCUT2D eigenvalue weighted by Crippen LogP contribution is 2.39. The van der Waals surface area contributed by atoms with Crippen LogP contribution >= 0.6 is 15.9 Å². The summed E-state index contributed by atoms with van der Waals surface area (Å²) < 4.78 is 0.791. The summed E-state index contributed by atoms with van der Waals surface area (Å²) in [4.78, 5) is 25.1. The van der Waals surface area contributed by atoms with Gasteiger partial charge in [0.2, 0.25) is 0 Å². The molecule has 0 spiro atoms. The highest BCUT2D eigenvalue weighted by atomic mass is 79.9. The molecule has 3 N–H and O–H groups in total. The number of amides is 1. The van der Waals surface area contributed by atoms with Crippen LogP contribution in [0.2, 0.25) is 0 Å². The van der Waals surface area contributed by atoms with Crippen molar-refractivity contribution in [2.24, 2.45) is 5.73 Å². The van der Waals surface area contributed by atoms with Gasteiger partial charge in [0.05, 0.1) is 11.3 Å². The minimum absolute atomic E-state index is 0.356. The third-order valence-corrected chi connectivity index (χ3v) is 4.48. The Bertz CT molecular complexity index is 561. The Morgan fingerprint density at radius 3 is 2.75 bits per heavy atom. The number of carbonyl (C=O) groups is 2. The average Bonchev–Trinajstić information content (AvgIpc) is 2.83. The molecule has 0 saturated carbocycles. The zero-order valence-electron chi connectivity index (χ0n) is 11.2. The Morgan fingerprint density at radius 2 is 2.20 bits per heavy atom. The number of rotatable bonds is 4. The van der Waals surface area contributed by atoms with E-state index in [0.29, 0.717) is 30.6 Å². The van der Waals surface area contributed by atoms with Crippen molar-refractivity contribution < 1.29 is 14.7 Å². The van der Waals surface area contributed by atoms with Crippen LogP contribution in [0, 0.1) is 0 Å². The molecule has 1 fully saturated rings. The van der Waals surface area contributed by atoms with Gasteiger partial charge in [0, 0.05) is 11.0 Å². The first-order valence-corrected chi connectivity index (χ1v) is 7.32. The highest BCUT2D eigenvalue weighted by Gasteiger charge is 2.47. The maximum atomic E-state index is 11.7. The second-order valence-corrected chi connectivity index (χ2v) is 5.89. The maximum absolute atomic E-state index is 11.7. The Balaban J connectivity index is 2.57. The molecule has 20 heavy (non-hydrogen) atoms. The van der Waals surface area contributed by atoms with Crippen molar-refractivity contribution in [3.05, 3.63) is 28.2 Å². The fourth-order valence-corrected chi connectivity index (χ4v) is 3.26. The number of carboxylic acids is 1. The lowest BCUT2D eigenvalue weighted by Crippen LogP contribution is -2.50. The van der Waals surface area contributed by atoms with Crippen molar-refractivity contribution in [3.8, 4) is 0 Å². The monoisotopic (exact) mass is 340 g/mol. The van der Waals surface area contributed by atoms with Crippen LogP contribution in [-0.2, 0) is 4.79 Å². The predicted octanol–water partition coefficient (Wildman–Crippen LogP) is 2.38. The second kappa shape index (κ2) is 5.44. The zero-order valence-corrected chi connectivity index (χ0v) is 12.8. The van der Waals surface area contributed by atoms with Gasteiger partial charge in [0.15, 0.2) is 0 Å². The molecule has 108 valence electrons. The molecule has 0 bridgehead atoms. The van der Waals surface area contributed by atoms with Gasteiger partial charge in [0.1, 0.15) is 5.54 Å². The Kier molecular flexibility index (Phi) is 4.04. The molecule has 1 unspecified atom stereocenters. The van der Waals surface area contributed by atoms with Crippen LogP contribution in [0.25, 0.3) is 0 Å². The first-order valence-electron chi connectivity index (χ1n) is 6.53. The van der Waals surface area contributed by atoms with Gasteiger partial charge in [-0.3, -0.25) is 4.79 Å². The summed E-state index contributed by atoms with van der Waals surface area (Å²) in [6.45, 7) is 2.46. The van der Waals surface area contributed by atoms with Crippen LogP contribution in [0.4, 0.5) is 5.69 Å². The first-order chi connectivity index (χ1) is 9.42. The molecule has 1 saturated heterocycles. The molecule has 0 aliphatic carbocycles. The molecular formula is C14H17BrN2O3. The number of hydrogen-bond donors (Lipinski definition) is 2. The van der Waals surface area contributed by atoms with E-state index in [4.69, 9.17) is 5.73 Å². The smallest absolute Gasteiger partial charge is 0.329 e. The Hall–Kier alpha value is -1.56. The third kappa shape index (κ3) is 2.28. The minimum Gasteiger partial charge on any atom is -0.479 e. The van der Waals surface area contributed by atoms with E-state index in [0.717, 1.165) is 10.9 Å². The van der Waals surface area contributed by atoms with E-state index in [2.05, 4.69) is 15.9 Å². The highest BCUT2D eigenvalue weighted by molar-refractivity contribution is 9.10. The molecule has 1 amide bonds. The molecule has 1 aliphatic heterocycles. The molecule has 1 atom stereocenters. The van der Waals surface area contributed by atoms with Crippen molar-refractivity contribution in [2.75, 3.05) is 11.4 Å². The van der Waals surface area contributed by atoms with E-state index in [1.807, 2.05) is 6.92 Å². The molecule has 0 aromatic heterocycles. The lowest BCUT2D eigenvalue weighted by Gasteiger charge is -2.36. The van der Waals surface area contributed by atoms with Crippen LogP contribution in [0.3, 0.4) is 0 Å². The molecule has 5 nitrogen and oxygen atoms in total. The van der Waals surface area contributed by atoms with Crippen LogP contribution in [0.1, 0.15) is 36.5 Å². The quantitative estimate of drug-likeness (QED) is 0.881. The fourth-order valence-electron chi connectivity index (χ4n) is 2.91. The van der Waals surface area contributed by atoms with E-state index < -0.39 is 17.4 Å². The van der Waals surface area contributed by atoms with Gasteiger partial charge in [0.25, 0.3) is 5.91 Å². The van der Waals surface area contributed by atoms with Gasteiger partial charge < -0.3 is 15.7 Å². The molecular weight excluding hydrogens is 324 g/mol. The fraction of sp³-hybridized carbons (Fsp3) is 0.429. The summed E-state index contributed by atoms with van der Waals surface area (Å²) in [6.07, 6.45) is 1.83. The lowest BCUT2D eigenvalue weighted by molar-refractivity contribution is -0.143. The number of hydrogen-bond acceptors (Lipinski definition) is 3. The topological polar surface area (TPSA) is 83.6 Å². The standard InChI is InChI=1S/C14H17BrN2O3/c1-2-14(13(19)20)6-3-7-17(14)11-8-9(15)4-5-10(11)12(16)18/h4-5,8H,2-3,6-7H2,1H3,(H2,16,18)(H,19,20). The number of nitrogens with zero attached hydrogens (tertiary/aromatic N) is 1. The van der Waals surface area contributed by atoms with Gasteiger partial charge in [-0.05, 0) is 37.5 Å². The van der Waals surface area contributed by atoms with Crippen LogP contribution < -0.4 is 10.6 Å². The molecule has 1 heterocycles. The number of carbonyl (C=O) groups excluding carboxylic acids is 1. The summed E-state index contributed by atoms with van der Waals surface area (Å²) in [6, 6.07) is 5.12. The number of nitrogens with two attached hydrogens (primary N) is 1. The van der Waals surface area contributed by atoms with E-state index in [-0.39, 0.29) is 0 Å². The zero-order chi connectivity index (χ0) is 14.9. The van der Waals surface area contributed by atoms with Gasteiger partial charge in [-0.25, -0.2) is 4.79 Å². The first kappa shape index (κ1) is 14.8. The summed E-state index contributed by atoms with van der Waals surface area (Å²) in [5.41, 5.74) is 5.40. The number of anilines is 1. The molecule has 2 rings (SSSR count). The molecule has 0 radical (unpaired) electrons. The summed E-state index contributed by atoms with van der Waals surface area (Å²) in [5.74, 6) is -1.40. The minimum atomic E-state index is -0.953. The van der Waals surface area contributed by atoms with Gasteiger partial charge >= 0.3 is 5.97 Å². The van der Waals surface area contributed by atoms with Crippen molar-refractivity contribution in [3.63, 3.8) is 0 Å². The lowest BCUT2D eigenvalue weighted by atomic mass is 9.92. The maximum Gasteiger partial charge on any atom is 0.329 e. The van der Waals surface area contributed by atoms with Crippen LogP contribution in [-0.4, -0.2) is 29.1 Å². The number of benzene rings is 1. The predicted molar refractivity (Wildman–Crippen MR) is 79.9 cm³/mol.